The number of aromatic nitrogens is 2. The molecule has 0 bridgehead atoms. The number of hydrogen-bond donors (Lipinski definition) is 1. The van der Waals surface area contributed by atoms with Crippen molar-refractivity contribution in [3.05, 3.63) is 53.4 Å². The maximum Gasteiger partial charge on any atom is 0.243 e. The Morgan fingerprint density at radius 1 is 1.23 bits per heavy atom. The van der Waals surface area contributed by atoms with Crippen LogP contribution in [0.5, 0.6) is 0 Å². The lowest BCUT2D eigenvalue weighted by molar-refractivity contribution is -0.114. The first-order valence-corrected chi connectivity index (χ1v) is 11.8. The summed E-state index contributed by atoms with van der Waals surface area (Å²) in [5, 5.41) is 7.13. The molecule has 0 saturated carbocycles. The second-order valence-corrected chi connectivity index (χ2v) is 9.65. The minimum Gasteiger partial charge on any atom is -0.338 e. The molecular weight excluding hydrogens is 448 g/mol. The van der Waals surface area contributed by atoms with Crippen LogP contribution in [0.2, 0.25) is 5.02 Å². The van der Waals surface area contributed by atoms with Crippen molar-refractivity contribution in [2.45, 2.75) is 23.3 Å². The second kappa shape index (κ2) is 9.17. The number of thioether (sulfide) groups is 1. The van der Waals surface area contributed by atoms with Gasteiger partial charge in [-0.25, -0.2) is 8.42 Å². The fourth-order valence-corrected chi connectivity index (χ4v) is 4.43. The minimum absolute atomic E-state index is 0.0454. The molecule has 3 rings (SSSR count). The Kier molecular flexibility index (Phi) is 6.81. The van der Waals surface area contributed by atoms with Gasteiger partial charge < -0.3 is 9.84 Å². The van der Waals surface area contributed by atoms with Gasteiger partial charge in [0.1, 0.15) is 0 Å². The number of halogens is 1. The summed E-state index contributed by atoms with van der Waals surface area (Å²) < 4.78 is 32.3. The van der Waals surface area contributed by atoms with Crippen molar-refractivity contribution in [3.63, 3.8) is 0 Å². The number of benzene rings is 2. The molecule has 0 radical (unpaired) electrons. The van der Waals surface area contributed by atoms with Crippen LogP contribution in [0, 0.1) is 0 Å². The Morgan fingerprint density at radius 3 is 2.57 bits per heavy atom. The normalized spacial score (nSPS) is 11.6. The number of sulfonamides is 1. The summed E-state index contributed by atoms with van der Waals surface area (Å²) in [5.41, 5.74) is 1.14. The van der Waals surface area contributed by atoms with Crippen LogP contribution in [-0.4, -0.2) is 42.1 Å². The van der Waals surface area contributed by atoms with Crippen LogP contribution in [-0.2, 0) is 21.4 Å². The second-order valence-electron chi connectivity index (χ2n) is 6.32. The molecule has 1 aromatic heterocycles. The Bertz CT molecular complexity index is 1160. The van der Waals surface area contributed by atoms with Gasteiger partial charge in [-0.1, -0.05) is 16.8 Å². The first kappa shape index (κ1) is 22.3. The topological polar surface area (TPSA) is 105 Å². The molecule has 0 saturated heterocycles. The van der Waals surface area contributed by atoms with Crippen molar-refractivity contribution < 1.29 is 17.7 Å². The molecule has 2 aromatic carbocycles. The Morgan fingerprint density at radius 2 is 1.93 bits per heavy atom. The molecular formula is C19H19ClN4O4S2. The van der Waals surface area contributed by atoms with Gasteiger partial charge in [0.25, 0.3) is 0 Å². The first-order valence-electron chi connectivity index (χ1n) is 8.71. The van der Waals surface area contributed by atoms with E-state index in [9.17, 15) is 13.2 Å². The molecule has 0 aliphatic heterocycles. The Labute approximate surface area is 183 Å². The number of nitrogens with one attached hydrogen (secondary N) is 1. The number of rotatable bonds is 7. The third-order valence-corrected chi connectivity index (χ3v) is 6.97. The summed E-state index contributed by atoms with van der Waals surface area (Å²) >= 11 is 7.28. The fourth-order valence-electron chi connectivity index (χ4n) is 2.63. The number of nitrogens with zero attached hydrogens (tertiary/aromatic N) is 3. The van der Waals surface area contributed by atoms with Crippen LogP contribution < -0.4 is 5.32 Å². The average molecular weight is 467 g/mol. The molecule has 11 heteroatoms. The molecule has 0 atom stereocenters. The SMILES string of the molecule is CSc1ccc(S(=O)(=O)N(C)Cc2nc(-c3ccc(Cl)cc3)no2)cc1NC(C)=O. The van der Waals surface area contributed by atoms with Gasteiger partial charge in [-0.3, -0.25) is 4.79 Å². The first-order chi connectivity index (χ1) is 14.2. The van der Waals surface area contributed by atoms with Gasteiger partial charge in [0, 0.05) is 29.5 Å². The van der Waals surface area contributed by atoms with Gasteiger partial charge in [-0.15, -0.1) is 11.8 Å². The fraction of sp³-hybridized carbons (Fsp3) is 0.211. The van der Waals surface area contributed by atoms with Gasteiger partial charge in [0.2, 0.25) is 27.6 Å². The Hall–Kier alpha value is -2.40. The number of carbonyl (C=O) groups excluding carboxylic acids is 1. The zero-order chi connectivity index (χ0) is 21.9. The molecule has 1 amide bonds. The smallest absolute Gasteiger partial charge is 0.243 e. The van der Waals surface area contributed by atoms with Crippen LogP contribution in [0.15, 0.2) is 56.8 Å². The molecule has 1 heterocycles. The summed E-state index contributed by atoms with van der Waals surface area (Å²) in [6.07, 6.45) is 1.84. The zero-order valence-electron chi connectivity index (χ0n) is 16.4. The van der Waals surface area contributed by atoms with E-state index in [-0.39, 0.29) is 23.2 Å². The van der Waals surface area contributed by atoms with E-state index in [4.69, 9.17) is 16.1 Å². The van der Waals surface area contributed by atoms with Crippen molar-refractivity contribution in [1.29, 1.82) is 0 Å². The lowest BCUT2D eigenvalue weighted by Gasteiger charge is -2.17. The molecule has 0 aliphatic carbocycles. The van der Waals surface area contributed by atoms with Gasteiger partial charge in [0.05, 0.1) is 17.1 Å². The van der Waals surface area contributed by atoms with Gasteiger partial charge in [0.15, 0.2) is 0 Å². The lowest BCUT2D eigenvalue weighted by Crippen LogP contribution is -2.26. The largest absolute Gasteiger partial charge is 0.338 e. The van der Waals surface area contributed by atoms with Crippen LogP contribution >= 0.6 is 23.4 Å². The van der Waals surface area contributed by atoms with Crippen LogP contribution in [0.25, 0.3) is 11.4 Å². The summed E-state index contributed by atoms with van der Waals surface area (Å²) in [7, 11) is -2.44. The highest BCUT2D eigenvalue weighted by Crippen LogP contribution is 2.29. The van der Waals surface area contributed by atoms with Crippen LogP contribution in [0.3, 0.4) is 0 Å². The Balaban J connectivity index is 1.82. The highest BCUT2D eigenvalue weighted by Gasteiger charge is 2.24. The maximum atomic E-state index is 13.0. The lowest BCUT2D eigenvalue weighted by atomic mass is 10.2. The van der Waals surface area contributed by atoms with E-state index in [1.807, 2.05) is 6.26 Å². The number of hydrogen-bond acceptors (Lipinski definition) is 7. The minimum atomic E-state index is -3.85. The number of anilines is 1. The predicted molar refractivity (Wildman–Crippen MR) is 116 cm³/mol. The molecule has 0 fully saturated rings. The third-order valence-electron chi connectivity index (χ3n) is 4.12. The van der Waals surface area contributed by atoms with Crippen molar-refractivity contribution in [2.24, 2.45) is 0 Å². The molecule has 0 aliphatic rings. The summed E-state index contributed by atoms with van der Waals surface area (Å²) in [6, 6.07) is 11.5. The molecule has 8 nitrogen and oxygen atoms in total. The van der Waals surface area contributed by atoms with E-state index >= 15 is 0 Å². The summed E-state index contributed by atoms with van der Waals surface area (Å²) in [6.45, 7) is 1.26. The molecule has 158 valence electrons. The van der Waals surface area contributed by atoms with E-state index in [2.05, 4.69) is 15.5 Å². The van der Waals surface area contributed by atoms with Crippen molar-refractivity contribution >= 4 is 45.0 Å². The molecule has 1 N–H and O–H groups in total. The molecule has 0 spiro atoms. The average Bonchev–Trinajstić information content (AvgIpc) is 3.16. The van der Waals surface area contributed by atoms with Gasteiger partial charge in [-0.05, 0) is 48.7 Å². The van der Waals surface area contributed by atoms with Crippen LogP contribution in [0.1, 0.15) is 12.8 Å². The van der Waals surface area contributed by atoms with E-state index in [0.717, 1.165) is 9.20 Å². The van der Waals surface area contributed by atoms with E-state index < -0.39 is 10.0 Å². The maximum absolute atomic E-state index is 13.0. The monoisotopic (exact) mass is 466 g/mol. The van der Waals surface area contributed by atoms with Crippen molar-refractivity contribution in [3.8, 4) is 11.4 Å². The van der Waals surface area contributed by atoms with Crippen molar-refractivity contribution in [1.82, 2.24) is 14.4 Å². The number of amides is 1. The van der Waals surface area contributed by atoms with Gasteiger partial charge in [-0.2, -0.15) is 9.29 Å². The van der Waals surface area contributed by atoms with E-state index in [1.165, 1.54) is 37.9 Å². The van der Waals surface area contributed by atoms with Gasteiger partial charge >= 0.3 is 0 Å². The molecule has 0 unspecified atom stereocenters. The third kappa shape index (κ3) is 5.01. The molecule has 3 aromatic rings. The highest BCUT2D eigenvalue weighted by atomic mass is 35.5. The number of carbonyl (C=O) groups is 1. The van der Waals surface area contributed by atoms with Crippen molar-refractivity contribution in [2.75, 3.05) is 18.6 Å². The van der Waals surface area contributed by atoms with Crippen LogP contribution in [0.4, 0.5) is 5.69 Å². The van der Waals surface area contributed by atoms with E-state index in [1.54, 1.807) is 30.3 Å². The zero-order valence-corrected chi connectivity index (χ0v) is 18.8. The molecule has 30 heavy (non-hydrogen) atoms. The quantitative estimate of drug-likeness (QED) is 0.526. The standard InChI is InChI=1S/C19H19ClN4O4S2/c1-12(25)21-16-10-15(8-9-17(16)29-3)30(26,27)24(2)11-18-22-19(23-28-18)13-4-6-14(20)7-5-13/h4-10H,11H2,1-3H3,(H,21,25). The summed E-state index contributed by atoms with van der Waals surface area (Å²) in [5.74, 6) is 0.201. The highest BCUT2D eigenvalue weighted by molar-refractivity contribution is 7.98. The van der Waals surface area contributed by atoms with E-state index in [0.29, 0.717) is 22.1 Å². The predicted octanol–water partition coefficient (Wildman–Crippen LogP) is 3.89. The summed E-state index contributed by atoms with van der Waals surface area (Å²) in [4.78, 5) is 16.5.